The number of thiocarbonyl (C=S) groups is 1. The highest BCUT2D eigenvalue weighted by Crippen LogP contribution is 2.33. The number of benzene rings is 1. The Morgan fingerprint density at radius 2 is 1.74 bits per heavy atom. The lowest BCUT2D eigenvalue weighted by molar-refractivity contribution is 0.515. The van der Waals surface area contributed by atoms with Gasteiger partial charge in [0.2, 0.25) is 0 Å². The van der Waals surface area contributed by atoms with E-state index in [-0.39, 0.29) is 10.3 Å². The van der Waals surface area contributed by atoms with E-state index in [0.29, 0.717) is 5.11 Å². The van der Waals surface area contributed by atoms with Gasteiger partial charge in [0, 0.05) is 16.6 Å². The van der Waals surface area contributed by atoms with Gasteiger partial charge in [0.15, 0.2) is 5.11 Å². The first-order chi connectivity index (χ1) is 10.6. The molecular weight excluding hydrogens is 322 g/mol. The average molecular weight is 348 g/mol. The maximum absolute atomic E-state index is 5.36. The van der Waals surface area contributed by atoms with Gasteiger partial charge in [-0.2, -0.15) is 11.8 Å². The van der Waals surface area contributed by atoms with E-state index in [1.165, 1.54) is 0 Å². The van der Waals surface area contributed by atoms with Crippen LogP contribution < -0.4 is 10.6 Å². The molecule has 0 aliphatic carbocycles. The van der Waals surface area contributed by atoms with Crippen molar-refractivity contribution in [2.45, 2.75) is 44.9 Å². The summed E-state index contributed by atoms with van der Waals surface area (Å²) in [5.41, 5.74) is 2.96. The maximum Gasteiger partial charge on any atom is 0.171 e. The van der Waals surface area contributed by atoms with Crippen LogP contribution in [0.1, 0.15) is 40.3 Å². The number of rotatable bonds is 3. The molecule has 1 aromatic carbocycles. The van der Waals surface area contributed by atoms with Gasteiger partial charge in [-0.1, -0.05) is 12.1 Å². The van der Waals surface area contributed by atoms with Crippen LogP contribution in [0.15, 0.2) is 30.3 Å². The molecule has 0 aliphatic heterocycles. The Kier molecular flexibility index (Phi) is 5.21. The molecule has 0 aliphatic rings. The van der Waals surface area contributed by atoms with Gasteiger partial charge in [-0.3, -0.25) is 4.98 Å². The van der Waals surface area contributed by atoms with Crippen molar-refractivity contribution < 1.29 is 0 Å². The van der Waals surface area contributed by atoms with E-state index < -0.39 is 0 Å². The summed E-state index contributed by atoms with van der Waals surface area (Å²) in [6.07, 6.45) is 2.11. The van der Waals surface area contributed by atoms with Gasteiger partial charge in [0.25, 0.3) is 0 Å². The van der Waals surface area contributed by atoms with Gasteiger partial charge in [-0.15, -0.1) is 0 Å². The quantitative estimate of drug-likeness (QED) is 0.771. The van der Waals surface area contributed by atoms with Crippen molar-refractivity contribution in [2.75, 3.05) is 11.6 Å². The zero-order valence-corrected chi connectivity index (χ0v) is 16.3. The molecule has 5 heteroatoms. The lowest BCUT2D eigenvalue weighted by atomic mass is 10.1. The first-order valence-corrected chi connectivity index (χ1v) is 9.30. The maximum atomic E-state index is 5.36. The number of hydrogen-bond donors (Lipinski definition) is 2. The number of thioether (sulfide) groups is 1. The van der Waals surface area contributed by atoms with Crippen LogP contribution in [0.4, 0.5) is 5.69 Å². The second kappa shape index (κ2) is 6.65. The van der Waals surface area contributed by atoms with E-state index in [1.807, 2.05) is 12.1 Å². The highest BCUT2D eigenvalue weighted by Gasteiger charge is 2.20. The van der Waals surface area contributed by atoms with Crippen LogP contribution in [-0.4, -0.2) is 21.9 Å². The molecule has 3 nitrogen and oxygen atoms in total. The summed E-state index contributed by atoms with van der Waals surface area (Å²) in [4.78, 5) is 4.84. The minimum absolute atomic E-state index is 0.000709. The van der Waals surface area contributed by atoms with Gasteiger partial charge in [-0.05, 0) is 71.3 Å². The van der Waals surface area contributed by atoms with Gasteiger partial charge >= 0.3 is 0 Å². The first kappa shape index (κ1) is 18.0. The minimum atomic E-state index is -0.0608. The highest BCUT2D eigenvalue weighted by molar-refractivity contribution is 7.99. The molecular formula is C18H25N3S2. The van der Waals surface area contributed by atoms with Crippen LogP contribution >= 0.6 is 24.0 Å². The third kappa shape index (κ3) is 4.82. The molecule has 0 amide bonds. The van der Waals surface area contributed by atoms with Gasteiger partial charge in [-0.25, -0.2) is 0 Å². The van der Waals surface area contributed by atoms with Crippen molar-refractivity contribution in [2.24, 2.45) is 0 Å². The number of fused-ring (bicyclic) bond motifs is 1. The molecule has 0 atom stereocenters. The van der Waals surface area contributed by atoms with Crippen LogP contribution in [0.5, 0.6) is 0 Å². The first-order valence-electron chi connectivity index (χ1n) is 7.66. The normalized spacial score (nSPS) is 12.3. The van der Waals surface area contributed by atoms with Crippen molar-refractivity contribution in [3.05, 3.63) is 36.0 Å². The van der Waals surface area contributed by atoms with Crippen molar-refractivity contribution in [1.82, 2.24) is 10.3 Å². The Labute approximate surface area is 148 Å². The second-order valence-corrected chi connectivity index (χ2v) is 8.98. The lowest BCUT2D eigenvalue weighted by Crippen LogP contribution is -2.42. The Morgan fingerprint density at radius 3 is 2.35 bits per heavy atom. The summed E-state index contributed by atoms with van der Waals surface area (Å²) >= 11 is 7.17. The Morgan fingerprint density at radius 1 is 1.09 bits per heavy atom. The second-order valence-electron chi connectivity index (χ2n) is 7.15. The van der Waals surface area contributed by atoms with Crippen molar-refractivity contribution in [1.29, 1.82) is 0 Å². The van der Waals surface area contributed by atoms with E-state index in [0.717, 1.165) is 22.3 Å². The topological polar surface area (TPSA) is 37.0 Å². The zero-order chi connectivity index (χ0) is 17.3. The fourth-order valence-corrected chi connectivity index (χ4v) is 2.88. The summed E-state index contributed by atoms with van der Waals surface area (Å²) in [5, 5.41) is 8.25. The summed E-state index contributed by atoms with van der Waals surface area (Å²) in [6.45, 7) is 10.6. The Balaban J connectivity index is 2.28. The van der Waals surface area contributed by atoms with Crippen molar-refractivity contribution >= 4 is 45.7 Å². The van der Waals surface area contributed by atoms with Crippen LogP contribution in [0.25, 0.3) is 10.9 Å². The van der Waals surface area contributed by atoms with Crippen LogP contribution in [-0.2, 0) is 4.75 Å². The third-order valence-electron chi connectivity index (χ3n) is 3.57. The predicted octanol–water partition coefficient (Wildman–Crippen LogP) is 4.92. The summed E-state index contributed by atoms with van der Waals surface area (Å²) in [5.74, 6) is 0. The number of aromatic nitrogens is 1. The molecule has 0 spiro atoms. The zero-order valence-electron chi connectivity index (χ0n) is 14.7. The van der Waals surface area contributed by atoms with E-state index in [1.54, 1.807) is 11.8 Å². The third-order valence-corrected chi connectivity index (χ3v) is 5.00. The summed E-state index contributed by atoms with van der Waals surface area (Å²) < 4.78 is 0.000709. The molecule has 0 unspecified atom stereocenters. The molecule has 2 rings (SSSR count). The van der Waals surface area contributed by atoms with Crippen molar-refractivity contribution in [3.63, 3.8) is 0 Å². The predicted molar refractivity (Wildman–Crippen MR) is 107 cm³/mol. The smallest absolute Gasteiger partial charge is 0.171 e. The molecule has 2 aromatic rings. The van der Waals surface area contributed by atoms with Crippen molar-refractivity contribution in [3.8, 4) is 0 Å². The van der Waals surface area contributed by atoms with E-state index >= 15 is 0 Å². The number of anilines is 1. The van der Waals surface area contributed by atoms with Crippen LogP contribution in [0, 0.1) is 0 Å². The number of pyridine rings is 1. The molecule has 0 saturated carbocycles. The number of hydrogen-bond acceptors (Lipinski definition) is 3. The molecule has 0 fully saturated rings. The Bertz CT molecular complexity index is 718. The Hall–Kier alpha value is -1.33. The van der Waals surface area contributed by atoms with Crippen LogP contribution in [0.2, 0.25) is 0 Å². The molecule has 0 radical (unpaired) electrons. The average Bonchev–Trinajstić information content (AvgIpc) is 2.44. The van der Waals surface area contributed by atoms with Gasteiger partial charge in [0.1, 0.15) is 0 Å². The summed E-state index contributed by atoms with van der Waals surface area (Å²) in [6, 6.07) is 10.4. The SMILES string of the molecule is CSC(C)(C)c1ccc2ccc(NC(=S)NC(C)(C)C)cc2n1. The standard InChI is InChI=1S/C18H25N3S2/c1-17(2,3)21-16(22)19-13-9-7-12-8-10-15(18(4,5)23-6)20-14(12)11-13/h7-11H,1-6H3,(H2,19,21,22). The van der Waals surface area contributed by atoms with Crippen LogP contribution in [0.3, 0.4) is 0 Å². The molecule has 0 saturated heterocycles. The molecule has 2 N–H and O–H groups in total. The van der Waals surface area contributed by atoms with E-state index in [4.69, 9.17) is 17.2 Å². The highest BCUT2D eigenvalue weighted by atomic mass is 32.2. The van der Waals surface area contributed by atoms with Gasteiger partial charge < -0.3 is 10.6 Å². The summed E-state index contributed by atoms with van der Waals surface area (Å²) in [7, 11) is 0. The largest absolute Gasteiger partial charge is 0.358 e. The number of nitrogens with zero attached hydrogens (tertiary/aromatic N) is 1. The molecule has 124 valence electrons. The fraction of sp³-hybridized carbons (Fsp3) is 0.444. The van der Waals surface area contributed by atoms with E-state index in [9.17, 15) is 0 Å². The molecule has 1 aromatic heterocycles. The molecule has 0 bridgehead atoms. The van der Waals surface area contributed by atoms with Gasteiger partial charge in [0.05, 0.1) is 16.0 Å². The van der Waals surface area contributed by atoms with E-state index in [2.05, 4.69) is 69.7 Å². The lowest BCUT2D eigenvalue weighted by Gasteiger charge is -2.23. The fourth-order valence-electron chi connectivity index (χ4n) is 2.14. The molecule has 1 heterocycles. The molecule has 23 heavy (non-hydrogen) atoms. The monoisotopic (exact) mass is 347 g/mol. The minimum Gasteiger partial charge on any atom is -0.358 e. The number of nitrogens with one attached hydrogen (secondary N) is 2.